The number of fused-ring (bicyclic) bond motifs is 1. The minimum absolute atomic E-state index is 0.0615. The molecule has 1 heterocycles. The topological polar surface area (TPSA) is 39.2 Å². The van der Waals surface area contributed by atoms with Crippen LogP contribution in [0.15, 0.2) is 36.5 Å². The smallest absolute Gasteiger partial charge is 0.309 e. The van der Waals surface area contributed by atoms with Gasteiger partial charge < -0.3 is 4.74 Å². The number of aromatic nitrogens is 1. The van der Waals surface area contributed by atoms with Crippen LogP contribution in [0, 0.1) is 11.7 Å². The third-order valence-corrected chi connectivity index (χ3v) is 4.08. The number of allylic oxidation sites excluding steroid dienone is 2. The standard InChI is InChI=1S/C18H18FNO2/c1-2-22-18(21)13-5-3-12(4-6-13)15-9-10-20-17-8-7-14(19)11-16(15)17/h3,7-11,13H,2,4-6H2,1H3. The molecule has 1 unspecified atom stereocenters. The summed E-state index contributed by atoms with van der Waals surface area (Å²) in [6.07, 6.45) is 6.05. The van der Waals surface area contributed by atoms with Gasteiger partial charge in [-0.2, -0.15) is 0 Å². The number of halogens is 1. The van der Waals surface area contributed by atoms with Gasteiger partial charge in [0.1, 0.15) is 5.82 Å². The van der Waals surface area contributed by atoms with E-state index in [2.05, 4.69) is 11.1 Å². The fourth-order valence-corrected chi connectivity index (χ4v) is 2.95. The van der Waals surface area contributed by atoms with Gasteiger partial charge in [-0.15, -0.1) is 0 Å². The summed E-state index contributed by atoms with van der Waals surface area (Å²) in [6.45, 7) is 2.24. The second-order valence-corrected chi connectivity index (χ2v) is 5.47. The predicted octanol–water partition coefficient (Wildman–Crippen LogP) is 4.12. The number of ether oxygens (including phenoxy) is 1. The first-order valence-electron chi connectivity index (χ1n) is 7.59. The molecule has 2 aromatic rings. The van der Waals surface area contributed by atoms with Crippen molar-refractivity contribution >= 4 is 22.4 Å². The van der Waals surface area contributed by atoms with Gasteiger partial charge >= 0.3 is 5.97 Å². The number of pyridine rings is 1. The van der Waals surface area contributed by atoms with E-state index in [1.54, 1.807) is 12.3 Å². The molecule has 0 saturated carbocycles. The lowest BCUT2D eigenvalue weighted by Gasteiger charge is -2.21. The zero-order chi connectivity index (χ0) is 15.5. The summed E-state index contributed by atoms with van der Waals surface area (Å²) in [5.74, 6) is -0.445. The van der Waals surface area contributed by atoms with Gasteiger partial charge in [0, 0.05) is 11.6 Å². The second-order valence-electron chi connectivity index (χ2n) is 5.47. The highest BCUT2D eigenvalue weighted by atomic mass is 19.1. The summed E-state index contributed by atoms with van der Waals surface area (Å²) in [6, 6.07) is 6.55. The summed E-state index contributed by atoms with van der Waals surface area (Å²) >= 11 is 0. The fraction of sp³-hybridized carbons (Fsp3) is 0.333. The molecule has 0 amide bonds. The Labute approximate surface area is 128 Å². The Morgan fingerprint density at radius 2 is 2.27 bits per heavy atom. The van der Waals surface area contributed by atoms with Gasteiger partial charge in [-0.05, 0) is 61.6 Å². The quantitative estimate of drug-likeness (QED) is 0.800. The maximum Gasteiger partial charge on any atom is 0.309 e. The molecule has 0 saturated heterocycles. The van der Waals surface area contributed by atoms with E-state index < -0.39 is 0 Å². The van der Waals surface area contributed by atoms with Crippen molar-refractivity contribution in [3.63, 3.8) is 0 Å². The maximum atomic E-state index is 13.5. The SMILES string of the molecule is CCOC(=O)C1CC=C(c2ccnc3ccc(F)cc23)CC1. The van der Waals surface area contributed by atoms with E-state index in [4.69, 9.17) is 4.74 Å². The predicted molar refractivity (Wildman–Crippen MR) is 83.7 cm³/mol. The molecule has 22 heavy (non-hydrogen) atoms. The van der Waals surface area contributed by atoms with Crippen molar-refractivity contribution in [1.29, 1.82) is 0 Å². The van der Waals surface area contributed by atoms with E-state index in [9.17, 15) is 9.18 Å². The highest BCUT2D eigenvalue weighted by Crippen LogP contribution is 2.34. The number of hydrogen-bond donors (Lipinski definition) is 0. The Hall–Kier alpha value is -2.23. The number of rotatable bonds is 3. The highest BCUT2D eigenvalue weighted by Gasteiger charge is 2.23. The van der Waals surface area contributed by atoms with Crippen LogP contribution in [0.3, 0.4) is 0 Å². The van der Waals surface area contributed by atoms with Crippen LogP contribution in [0.25, 0.3) is 16.5 Å². The molecule has 3 nitrogen and oxygen atoms in total. The first kappa shape index (κ1) is 14.7. The third-order valence-electron chi connectivity index (χ3n) is 4.08. The van der Waals surface area contributed by atoms with Gasteiger partial charge in [-0.25, -0.2) is 4.39 Å². The van der Waals surface area contributed by atoms with Crippen LogP contribution < -0.4 is 0 Å². The molecule has 114 valence electrons. The zero-order valence-electron chi connectivity index (χ0n) is 12.5. The van der Waals surface area contributed by atoms with Crippen molar-refractivity contribution in [2.75, 3.05) is 6.61 Å². The molecule has 0 aliphatic heterocycles. The average molecular weight is 299 g/mol. The summed E-state index contributed by atoms with van der Waals surface area (Å²) in [5, 5.41) is 0.823. The van der Waals surface area contributed by atoms with Gasteiger partial charge in [0.05, 0.1) is 18.0 Å². The van der Waals surface area contributed by atoms with Crippen LogP contribution >= 0.6 is 0 Å². The summed E-state index contributed by atoms with van der Waals surface area (Å²) in [7, 11) is 0. The lowest BCUT2D eigenvalue weighted by molar-refractivity contribution is -0.148. The molecule has 3 rings (SSSR count). The number of benzene rings is 1. The number of carbonyl (C=O) groups is 1. The normalized spacial score (nSPS) is 18.1. The van der Waals surface area contributed by atoms with E-state index in [1.165, 1.54) is 12.1 Å². The Bertz CT molecular complexity index is 739. The van der Waals surface area contributed by atoms with Crippen LogP contribution in [-0.4, -0.2) is 17.6 Å². The molecule has 1 aromatic heterocycles. The number of hydrogen-bond acceptors (Lipinski definition) is 3. The molecule has 1 aromatic carbocycles. The first-order chi connectivity index (χ1) is 10.7. The minimum atomic E-state index is -0.262. The van der Waals surface area contributed by atoms with Gasteiger partial charge in [0.2, 0.25) is 0 Å². The molecule has 0 radical (unpaired) electrons. The summed E-state index contributed by atoms with van der Waals surface area (Å²) < 4.78 is 18.6. The lowest BCUT2D eigenvalue weighted by Crippen LogP contribution is -2.19. The van der Waals surface area contributed by atoms with Gasteiger partial charge in [0.25, 0.3) is 0 Å². The molecule has 1 aliphatic rings. The van der Waals surface area contributed by atoms with Crippen molar-refractivity contribution in [3.05, 3.63) is 47.9 Å². The van der Waals surface area contributed by atoms with Crippen molar-refractivity contribution < 1.29 is 13.9 Å². The monoisotopic (exact) mass is 299 g/mol. The van der Waals surface area contributed by atoms with Crippen molar-refractivity contribution in [1.82, 2.24) is 4.98 Å². The summed E-state index contributed by atoms with van der Waals surface area (Å²) in [5.41, 5.74) is 2.94. The average Bonchev–Trinajstić information content (AvgIpc) is 2.54. The first-order valence-corrected chi connectivity index (χ1v) is 7.59. The molecular formula is C18H18FNO2. The minimum Gasteiger partial charge on any atom is -0.466 e. The van der Waals surface area contributed by atoms with Crippen LogP contribution in [0.2, 0.25) is 0 Å². The third kappa shape index (κ3) is 2.86. The van der Waals surface area contributed by atoms with E-state index in [0.29, 0.717) is 13.0 Å². The molecule has 4 heteroatoms. The highest BCUT2D eigenvalue weighted by molar-refractivity contribution is 5.92. The Morgan fingerprint density at radius 3 is 3.00 bits per heavy atom. The van der Waals surface area contributed by atoms with E-state index in [0.717, 1.165) is 34.9 Å². The van der Waals surface area contributed by atoms with Gasteiger partial charge in [-0.3, -0.25) is 9.78 Å². The Morgan fingerprint density at radius 1 is 1.41 bits per heavy atom. The largest absolute Gasteiger partial charge is 0.466 e. The summed E-state index contributed by atoms with van der Waals surface area (Å²) in [4.78, 5) is 16.1. The molecule has 1 atom stereocenters. The fourth-order valence-electron chi connectivity index (χ4n) is 2.95. The van der Waals surface area contributed by atoms with Gasteiger partial charge in [-0.1, -0.05) is 6.08 Å². The van der Waals surface area contributed by atoms with Crippen LogP contribution in [0.5, 0.6) is 0 Å². The number of carbonyl (C=O) groups excluding carboxylic acids is 1. The molecule has 0 N–H and O–H groups in total. The molecule has 0 bridgehead atoms. The Kier molecular flexibility index (Phi) is 4.18. The molecule has 0 fully saturated rings. The van der Waals surface area contributed by atoms with Crippen molar-refractivity contribution in [2.45, 2.75) is 26.2 Å². The van der Waals surface area contributed by atoms with Crippen LogP contribution in [-0.2, 0) is 9.53 Å². The van der Waals surface area contributed by atoms with E-state index >= 15 is 0 Å². The second kappa shape index (κ2) is 6.26. The molecular weight excluding hydrogens is 281 g/mol. The van der Waals surface area contributed by atoms with Crippen molar-refractivity contribution in [2.24, 2.45) is 5.92 Å². The van der Waals surface area contributed by atoms with Crippen molar-refractivity contribution in [3.8, 4) is 0 Å². The molecule has 1 aliphatic carbocycles. The molecule has 0 spiro atoms. The number of nitrogens with zero attached hydrogens (tertiary/aromatic N) is 1. The van der Waals surface area contributed by atoms with Crippen LogP contribution in [0.1, 0.15) is 31.7 Å². The maximum absolute atomic E-state index is 13.5. The van der Waals surface area contributed by atoms with Gasteiger partial charge in [0.15, 0.2) is 0 Å². The zero-order valence-corrected chi connectivity index (χ0v) is 12.5. The van der Waals surface area contributed by atoms with E-state index in [1.807, 2.05) is 13.0 Å². The lowest BCUT2D eigenvalue weighted by atomic mass is 9.85. The van der Waals surface area contributed by atoms with Crippen LogP contribution in [0.4, 0.5) is 4.39 Å². The Balaban J connectivity index is 1.90. The van der Waals surface area contributed by atoms with E-state index in [-0.39, 0.29) is 17.7 Å². The number of esters is 1.